The molecule has 37 heavy (non-hydrogen) atoms. The minimum Gasteiger partial charge on any atom is -0.391 e. The summed E-state index contributed by atoms with van der Waals surface area (Å²) < 4.78 is 1.89. The first-order valence-corrected chi connectivity index (χ1v) is 15.2. The summed E-state index contributed by atoms with van der Waals surface area (Å²) in [6.45, 7) is 5.97. The monoisotopic (exact) mass is 557 g/mol. The third kappa shape index (κ3) is 3.33. The number of rotatable bonds is 4. The van der Waals surface area contributed by atoms with Crippen molar-refractivity contribution in [2.24, 2.45) is 28.6 Å². The number of benzene rings is 1. The van der Waals surface area contributed by atoms with Gasteiger partial charge in [0.25, 0.3) is 0 Å². The van der Waals surface area contributed by atoms with Gasteiger partial charge in [-0.05, 0) is 67.7 Å². The van der Waals surface area contributed by atoms with Crippen LogP contribution in [0.5, 0.6) is 0 Å². The number of fused-ring (bicyclic) bond motifs is 6. The summed E-state index contributed by atoms with van der Waals surface area (Å²) in [5.74, 6) is -0.481. The molecule has 0 saturated heterocycles. The predicted octanol–water partition coefficient (Wildman–Crippen LogP) is 5.57. The van der Waals surface area contributed by atoms with Gasteiger partial charge in [0.1, 0.15) is 5.60 Å². The number of hydrogen-bond donors (Lipinski definition) is 2. The molecule has 0 unspecified atom stereocenters. The topological polar surface area (TPSA) is 87.5 Å². The molecule has 0 amide bonds. The molecule has 8 heteroatoms. The lowest BCUT2D eigenvalue weighted by Crippen LogP contribution is -2.69. The molecule has 3 fully saturated rings. The largest absolute Gasteiger partial charge is 0.391 e. The van der Waals surface area contributed by atoms with E-state index in [9.17, 15) is 19.8 Å². The number of carbonyl (C=O) groups excluding carboxylic acids is 2. The van der Waals surface area contributed by atoms with E-state index in [1.807, 2.05) is 51.1 Å². The van der Waals surface area contributed by atoms with E-state index in [0.717, 1.165) is 33.0 Å². The van der Waals surface area contributed by atoms with Crippen molar-refractivity contribution in [1.29, 1.82) is 0 Å². The Morgan fingerprint density at radius 1 is 1.27 bits per heavy atom. The third-order valence-electron chi connectivity index (χ3n) is 10.2. The zero-order valence-corrected chi connectivity index (χ0v) is 23.6. The van der Waals surface area contributed by atoms with Gasteiger partial charge in [-0.3, -0.25) is 9.59 Å². The van der Waals surface area contributed by atoms with Crippen LogP contribution in [0.15, 0.2) is 52.4 Å². The number of halogens is 1. The third-order valence-corrected chi connectivity index (χ3v) is 13.4. The summed E-state index contributed by atoms with van der Waals surface area (Å²) >= 11 is 10.4. The number of hydrogen-bond acceptors (Lipinski definition) is 7. The number of thiazole rings is 1. The van der Waals surface area contributed by atoms with Crippen molar-refractivity contribution in [1.82, 2.24) is 4.98 Å². The Morgan fingerprint density at radius 3 is 2.78 bits per heavy atom. The lowest BCUT2D eigenvalue weighted by Gasteiger charge is -2.63. The SMILES string of the molecule is C[C@@H]1C[C@H]2[C@@H]3CCC4=CC(=O)C=C[C@]4(C)[C@@]3(Cl)[C@@H](O)C[C@]2(C)[C@@]1(O)C(=O)CSc1nc2ccccc2s1. The second-order valence-corrected chi connectivity index (χ2v) is 14.7. The molecule has 8 atom stereocenters. The Hall–Kier alpha value is -1.51. The zero-order chi connectivity index (χ0) is 26.4. The van der Waals surface area contributed by atoms with Crippen LogP contribution in [0.25, 0.3) is 10.2 Å². The summed E-state index contributed by atoms with van der Waals surface area (Å²) in [7, 11) is 0. The van der Waals surface area contributed by atoms with E-state index < -0.39 is 27.4 Å². The fourth-order valence-corrected chi connectivity index (χ4v) is 10.8. The molecule has 2 aromatic rings. The first kappa shape index (κ1) is 25.8. The lowest BCUT2D eigenvalue weighted by molar-refractivity contribution is -0.175. The molecule has 3 saturated carbocycles. The van der Waals surface area contributed by atoms with Crippen LogP contribution in [0.4, 0.5) is 0 Å². The van der Waals surface area contributed by atoms with Crippen LogP contribution in [0, 0.1) is 28.6 Å². The smallest absolute Gasteiger partial charge is 0.178 e. The molecule has 0 radical (unpaired) electrons. The second-order valence-electron chi connectivity index (χ2n) is 11.8. The number of para-hydroxylation sites is 1. The van der Waals surface area contributed by atoms with Crippen LogP contribution in [-0.4, -0.2) is 49.1 Å². The van der Waals surface area contributed by atoms with Crippen molar-refractivity contribution in [3.05, 3.63) is 48.1 Å². The van der Waals surface area contributed by atoms with Crippen LogP contribution in [0.3, 0.4) is 0 Å². The number of thioether (sulfide) groups is 1. The van der Waals surface area contributed by atoms with Gasteiger partial charge in [-0.15, -0.1) is 22.9 Å². The molecule has 1 aromatic carbocycles. The quantitative estimate of drug-likeness (QED) is 0.377. The maximum atomic E-state index is 13.8. The number of Topliss-reactive ketones (excluding diaryl/α,β-unsaturated/α-hetero) is 1. The number of ketones is 2. The summed E-state index contributed by atoms with van der Waals surface area (Å²) in [4.78, 5) is 29.6. The lowest BCUT2D eigenvalue weighted by atomic mass is 9.45. The summed E-state index contributed by atoms with van der Waals surface area (Å²) in [6, 6.07) is 7.89. The van der Waals surface area contributed by atoms with Crippen molar-refractivity contribution < 1.29 is 19.8 Å². The van der Waals surface area contributed by atoms with Crippen molar-refractivity contribution in [2.45, 2.75) is 67.4 Å². The van der Waals surface area contributed by atoms with Gasteiger partial charge in [0, 0.05) is 10.8 Å². The van der Waals surface area contributed by atoms with Gasteiger partial charge in [0.05, 0.1) is 26.9 Å². The first-order valence-electron chi connectivity index (χ1n) is 13.0. The number of nitrogens with zero attached hydrogens (tertiary/aromatic N) is 1. The van der Waals surface area contributed by atoms with E-state index in [0.29, 0.717) is 6.42 Å². The summed E-state index contributed by atoms with van der Waals surface area (Å²) in [5, 5.41) is 23.9. The summed E-state index contributed by atoms with van der Waals surface area (Å²) in [6.07, 6.45) is 6.53. The molecule has 1 aromatic heterocycles. The van der Waals surface area contributed by atoms with Gasteiger partial charge in [0.15, 0.2) is 15.9 Å². The summed E-state index contributed by atoms with van der Waals surface area (Å²) in [5.41, 5.74) is -1.13. The van der Waals surface area contributed by atoms with Gasteiger partial charge in [-0.25, -0.2) is 4.98 Å². The average molecular weight is 558 g/mol. The van der Waals surface area contributed by atoms with Gasteiger partial charge < -0.3 is 10.2 Å². The van der Waals surface area contributed by atoms with Crippen molar-refractivity contribution >= 4 is 56.5 Å². The minimum atomic E-state index is -1.56. The highest BCUT2D eigenvalue weighted by atomic mass is 35.5. The maximum Gasteiger partial charge on any atom is 0.178 e. The Morgan fingerprint density at radius 2 is 2.03 bits per heavy atom. The highest BCUT2D eigenvalue weighted by Crippen LogP contribution is 2.71. The maximum absolute atomic E-state index is 13.8. The van der Waals surface area contributed by atoms with Gasteiger partial charge in [-0.2, -0.15) is 0 Å². The number of alkyl halides is 1. The number of aliphatic hydroxyl groups excluding tert-OH is 1. The molecular weight excluding hydrogens is 526 g/mol. The number of aromatic nitrogens is 1. The van der Waals surface area contributed by atoms with E-state index in [4.69, 9.17) is 11.6 Å². The van der Waals surface area contributed by atoms with Crippen LogP contribution in [0.2, 0.25) is 0 Å². The Bertz CT molecular complexity index is 1340. The van der Waals surface area contributed by atoms with Crippen molar-refractivity contribution in [2.75, 3.05) is 5.75 Å². The standard InChI is InChI=1S/C29H32ClNO4S2/c1-16-12-20-19-9-8-17-13-18(32)10-11-26(17,2)28(19,30)23(33)14-27(20,3)29(16,35)24(34)15-36-25-31-21-6-4-5-7-22(21)37-25/h4-7,10-11,13,16,19-20,23,33,35H,8-9,12,14-15H2,1-3H3/t16-,19+,20+,23+,26+,27+,28+,29+/m1/s1. The van der Waals surface area contributed by atoms with E-state index in [1.54, 1.807) is 23.5 Å². The molecule has 0 spiro atoms. The molecular formula is C29H32ClNO4S2. The number of allylic oxidation sites excluding steroid dienone is 4. The van der Waals surface area contributed by atoms with Crippen molar-refractivity contribution in [3.8, 4) is 0 Å². The molecule has 196 valence electrons. The fourth-order valence-electron chi connectivity index (χ4n) is 8.29. The fraction of sp³-hybridized carbons (Fsp3) is 0.552. The zero-order valence-electron chi connectivity index (χ0n) is 21.2. The van der Waals surface area contributed by atoms with E-state index in [1.165, 1.54) is 11.8 Å². The Labute approximate surface area is 230 Å². The molecule has 4 aliphatic carbocycles. The highest BCUT2D eigenvalue weighted by molar-refractivity contribution is 8.01. The molecule has 0 bridgehead atoms. The van der Waals surface area contributed by atoms with Crippen LogP contribution in [-0.2, 0) is 9.59 Å². The number of carbonyl (C=O) groups is 2. The Kier molecular flexibility index (Phi) is 5.91. The van der Waals surface area contributed by atoms with E-state index in [-0.39, 0.29) is 41.5 Å². The molecule has 2 N–H and O–H groups in total. The van der Waals surface area contributed by atoms with E-state index in [2.05, 4.69) is 4.98 Å². The molecule has 1 heterocycles. The molecule has 0 aliphatic heterocycles. The van der Waals surface area contributed by atoms with Crippen molar-refractivity contribution in [3.63, 3.8) is 0 Å². The minimum absolute atomic E-state index is 0.0193. The average Bonchev–Trinajstić information content (AvgIpc) is 3.37. The van der Waals surface area contributed by atoms with Gasteiger partial charge >= 0.3 is 0 Å². The normalized spacial score (nSPS) is 42.8. The molecule has 4 aliphatic rings. The van der Waals surface area contributed by atoms with Crippen LogP contribution < -0.4 is 0 Å². The van der Waals surface area contributed by atoms with Gasteiger partial charge in [0.2, 0.25) is 0 Å². The Balaban J connectivity index is 1.31. The van der Waals surface area contributed by atoms with Crippen LogP contribution in [0.1, 0.15) is 46.5 Å². The highest BCUT2D eigenvalue weighted by Gasteiger charge is 2.74. The first-order chi connectivity index (χ1) is 17.4. The second kappa shape index (κ2) is 8.49. The molecule has 6 rings (SSSR count). The van der Waals surface area contributed by atoms with E-state index >= 15 is 0 Å². The predicted molar refractivity (Wildman–Crippen MR) is 148 cm³/mol. The van der Waals surface area contributed by atoms with Crippen LogP contribution >= 0.6 is 34.7 Å². The van der Waals surface area contributed by atoms with Gasteiger partial charge in [-0.1, -0.05) is 56.3 Å². The molecule has 5 nitrogen and oxygen atoms in total. The number of aliphatic hydroxyl groups is 2.